The van der Waals surface area contributed by atoms with Crippen LogP contribution in [-0.4, -0.2) is 16.6 Å². The zero-order valence-corrected chi connectivity index (χ0v) is 13.0. The molecule has 0 atom stereocenters. The van der Waals surface area contributed by atoms with Crippen LogP contribution in [0.1, 0.15) is 6.92 Å². The van der Waals surface area contributed by atoms with Crippen LogP contribution in [0.3, 0.4) is 0 Å². The minimum absolute atomic E-state index is 0.0782. The molecule has 8 heteroatoms. The third-order valence-electron chi connectivity index (χ3n) is 2.84. The molecule has 0 aliphatic carbocycles. The Labute approximate surface area is 137 Å². The highest BCUT2D eigenvalue weighted by molar-refractivity contribution is 7.80. The van der Waals surface area contributed by atoms with E-state index in [1.165, 1.54) is 0 Å². The van der Waals surface area contributed by atoms with E-state index in [0.717, 1.165) is 18.2 Å². The van der Waals surface area contributed by atoms with Crippen molar-refractivity contribution in [1.82, 2.24) is 0 Å². The van der Waals surface area contributed by atoms with Crippen LogP contribution in [0.5, 0.6) is 5.75 Å². The summed E-state index contributed by atoms with van der Waals surface area (Å²) < 4.78 is 19.2. The van der Waals surface area contributed by atoms with Gasteiger partial charge in [0.15, 0.2) is 5.11 Å². The predicted octanol–water partition coefficient (Wildman–Crippen LogP) is 3.94. The first-order chi connectivity index (χ1) is 11.0. The van der Waals surface area contributed by atoms with Crippen molar-refractivity contribution in [2.24, 2.45) is 0 Å². The van der Waals surface area contributed by atoms with Gasteiger partial charge in [0.1, 0.15) is 11.6 Å². The average Bonchev–Trinajstić information content (AvgIpc) is 2.51. The first kappa shape index (κ1) is 16.6. The van der Waals surface area contributed by atoms with Crippen molar-refractivity contribution in [2.45, 2.75) is 6.92 Å². The Hall–Kier alpha value is -2.74. The largest absolute Gasteiger partial charge is 0.492 e. The summed E-state index contributed by atoms with van der Waals surface area (Å²) in [4.78, 5) is 10.1. The number of non-ortho nitro benzene ring substituents is 1. The molecule has 0 aliphatic rings. The summed E-state index contributed by atoms with van der Waals surface area (Å²) in [6, 6.07) is 10.3. The average molecular weight is 335 g/mol. The first-order valence-corrected chi connectivity index (χ1v) is 7.16. The first-order valence-electron chi connectivity index (χ1n) is 6.75. The number of thiocarbonyl (C=S) groups is 1. The van der Waals surface area contributed by atoms with Gasteiger partial charge in [-0.15, -0.1) is 0 Å². The number of benzene rings is 2. The second-order valence-corrected chi connectivity index (χ2v) is 4.84. The maximum absolute atomic E-state index is 13.7. The Morgan fingerprint density at radius 1 is 1.26 bits per heavy atom. The number of rotatable bonds is 5. The van der Waals surface area contributed by atoms with E-state index in [1.54, 1.807) is 18.2 Å². The third kappa shape index (κ3) is 4.36. The highest BCUT2D eigenvalue weighted by Crippen LogP contribution is 2.25. The molecular formula is C15H14FN3O3S. The molecule has 0 aromatic heterocycles. The minimum Gasteiger partial charge on any atom is -0.492 e. The fourth-order valence-electron chi connectivity index (χ4n) is 1.85. The minimum atomic E-state index is -0.641. The number of para-hydroxylation sites is 2. The van der Waals surface area contributed by atoms with Crippen molar-refractivity contribution in [3.8, 4) is 5.75 Å². The molecule has 120 valence electrons. The second-order valence-electron chi connectivity index (χ2n) is 4.43. The number of ether oxygens (including phenoxy) is 1. The zero-order chi connectivity index (χ0) is 16.8. The van der Waals surface area contributed by atoms with Crippen LogP contribution in [0.25, 0.3) is 0 Å². The standard InChI is InChI=1S/C15H14FN3O3S/c1-2-22-14-6-4-3-5-12(14)17-15(23)18-13-9-10(19(20)21)7-8-11(13)16/h3-9H,2H2,1H3,(H2,17,18,23). The SMILES string of the molecule is CCOc1ccccc1NC(=S)Nc1cc([N+](=O)[O-])ccc1F. The van der Waals surface area contributed by atoms with Crippen molar-refractivity contribution in [2.75, 3.05) is 17.2 Å². The Balaban J connectivity index is 2.14. The molecule has 0 radical (unpaired) electrons. The summed E-state index contributed by atoms with van der Waals surface area (Å²) in [6.07, 6.45) is 0. The van der Waals surface area contributed by atoms with E-state index in [2.05, 4.69) is 10.6 Å². The monoisotopic (exact) mass is 335 g/mol. The van der Waals surface area contributed by atoms with Crippen LogP contribution >= 0.6 is 12.2 Å². The van der Waals surface area contributed by atoms with Gasteiger partial charge in [0, 0.05) is 12.1 Å². The molecule has 0 amide bonds. The lowest BCUT2D eigenvalue weighted by molar-refractivity contribution is -0.384. The van der Waals surface area contributed by atoms with Gasteiger partial charge in [0.05, 0.1) is 22.9 Å². The van der Waals surface area contributed by atoms with Crippen LogP contribution in [0.15, 0.2) is 42.5 Å². The van der Waals surface area contributed by atoms with E-state index >= 15 is 0 Å². The van der Waals surface area contributed by atoms with Gasteiger partial charge in [-0.2, -0.15) is 0 Å². The topological polar surface area (TPSA) is 76.4 Å². The van der Waals surface area contributed by atoms with Crippen molar-refractivity contribution in [3.05, 3.63) is 58.4 Å². The number of nitrogens with zero attached hydrogens (tertiary/aromatic N) is 1. The molecule has 0 spiro atoms. The lowest BCUT2D eigenvalue weighted by Crippen LogP contribution is -2.20. The molecular weight excluding hydrogens is 321 g/mol. The number of nitro groups is 1. The van der Waals surface area contributed by atoms with Crippen molar-refractivity contribution >= 4 is 34.4 Å². The van der Waals surface area contributed by atoms with Gasteiger partial charge < -0.3 is 15.4 Å². The maximum atomic E-state index is 13.7. The van der Waals surface area contributed by atoms with E-state index in [0.29, 0.717) is 18.0 Å². The van der Waals surface area contributed by atoms with Crippen LogP contribution in [-0.2, 0) is 0 Å². The fourth-order valence-corrected chi connectivity index (χ4v) is 2.07. The Kier molecular flexibility index (Phi) is 5.42. The molecule has 0 unspecified atom stereocenters. The molecule has 2 aromatic carbocycles. The Morgan fingerprint density at radius 3 is 2.65 bits per heavy atom. The van der Waals surface area contributed by atoms with Crippen molar-refractivity contribution in [3.63, 3.8) is 0 Å². The van der Waals surface area contributed by atoms with Gasteiger partial charge in [-0.1, -0.05) is 12.1 Å². The van der Waals surface area contributed by atoms with E-state index in [1.807, 2.05) is 13.0 Å². The summed E-state index contributed by atoms with van der Waals surface area (Å²) in [6.45, 7) is 2.34. The lowest BCUT2D eigenvalue weighted by Gasteiger charge is -2.14. The molecule has 0 saturated carbocycles. The van der Waals surface area contributed by atoms with Crippen molar-refractivity contribution in [1.29, 1.82) is 0 Å². The van der Waals surface area contributed by atoms with Crippen LogP contribution in [0.4, 0.5) is 21.5 Å². The molecule has 0 saturated heterocycles. The summed E-state index contributed by atoms with van der Waals surface area (Å²) in [5, 5.41) is 16.3. The normalized spacial score (nSPS) is 10.0. The Morgan fingerprint density at radius 2 is 1.96 bits per heavy atom. The molecule has 2 aromatic rings. The summed E-state index contributed by atoms with van der Waals surface area (Å²) in [7, 11) is 0. The number of hydrogen-bond acceptors (Lipinski definition) is 4. The number of nitrogens with one attached hydrogen (secondary N) is 2. The van der Waals surface area contributed by atoms with Gasteiger partial charge in [-0.05, 0) is 37.3 Å². The molecule has 2 rings (SSSR count). The number of nitro benzene ring substituents is 1. The van der Waals surface area contributed by atoms with Crippen LogP contribution in [0, 0.1) is 15.9 Å². The predicted molar refractivity (Wildman–Crippen MR) is 90.5 cm³/mol. The number of halogens is 1. The summed E-state index contributed by atoms with van der Waals surface area (Å²) >= 11 is 5.12. The van der Waals surface area contributed by atoms with E-state index in [4.69, 9.17) is 17.0 Å². The molecule has 0 bridgehead atoms. The van der Waals surface area contributed by atoms with Crippen LogP contribution < -0.4 is 15.4 Å². The van der Waals surface area contributed by atoms with Gasteiger partial charge >= 0.3 is 0 Å². The maximum Gasteiger partial charge on any atom is 0.271 e. The van der Waals surface area contributed by atoms with E-state index < -0.39 is 10.7 Å². The highest BCUT2D eigenvalue weighted by Gasteiger charge is 2.12. The van der Waals surface area contributed by atoms with Gasteiger partial charge in [-0.3, -0.25) is 10.1 Å². The molecule has 0 fully saturated rings. The second kappa shape index (κ2) is 7.50. The van der Waals surface area contributed by atoms with Gasteiger partial charge in [0.2, 0.25) is 0 Å². The fraction of sp³-hybridized carbons (Fsp3) is 0.133. The lowest BCUT2D eigenvalue weighted by atomic mass is 10.2. The van der Waals surface area contributed by atoms with Crippen molar-refractivity contribution < 1.29 is 14.1 Å². The number of hydrogen-bond donors (Lipinski definition) is 2. The molecule has 23 heavy (non-hydrogen) atoms. The summed E-state index contributed by atoms with van der Waals surface area (Å²) in [5.74, 6) is -0.0449. The molecule has 6 nitrogen and oxygen atoms in total. The van der Waals surface area contributed by atoms with E-state index in [-0.39, 0.29) is 16.5 Å². The quantitative estimate of drug-likeness (QED) is 0.490. The third-order valence-corrected chi connectivity index (χ3v) is 3.05. The van der Waals surface area contributed by atoms with Crippen LogP contribution in [0.2, 0.25) is 0 Å². The molecule has 0 aliphatic heterocycles. The smallest absolute Gasteiger partial charge is 0.271 e. The zero-order valence-electron chi connectivity index (χ0n) is 12.2. The molecule has 2 N–H and O–H groups in total. The molecule has 0 heterocycles. The van der Waals surface area contributed by atoms with E-state index in [9.17, 15) is 14.5 Å². The Bertz CT molecular complexity index is 740. The van der Waals surface area contributed by atoms with Gasteiger partial charge in [0.25, 0.3) is 5.69 Å². The highest BCUT2D eigenvalue weighted by atomic mass is 32.1. The summed E-state index contributed by atoms with van der Waals surface area (Å²) in [5.41, 5.74) is 0.301. The number of anilines is 2. The van der Waals surface area contributed by atoms with Gasteiger partial charge in [-0.25, -0.2) is 4.39 Å².